The van der Waals surface area contributed by atoms with Crippen molar-refractivity contribution in [2.75, 3.05) is 0 Å². The summed E-state index contributed by atoms with van der Waals surface area (Å²) in [5.74, 6) is 0.0727. The summed E-state index contributed by atoms with van der Waals surface area (Å²) in [5.41, 5.74) is 9.89. The minimum Gasteiger partial charge on any atom is -0.367 e. The third kappa shape index (κ3) is 7.15. The SMILES string of the molecule is Cl.N/C(=N\N=Cc1ccc(Cl)cc1)NN=Cc1cccc(Cl)c1. The number of nitrogens with two attached hydrogens (primary N) is 1. The number of benzene rings is 2. The van der Waals surface area contributed by atoms with Crippen LogP contribution in [0, 0.1) is 0 Å². The lowest BCUT2D eigenvalue weighted by atomic mass is 10.2. The molecule has 2 aromatic rings. The van der Waals surface area contributed by atoms with Gasteiger partial charge in [-0.05, 0) is 35.4 Å². The minimum absolute atomic E-state index is 0. The summed E-state index contributed by atoms with van der Waals surface area (Å²) in [6, 6.07) is 14.4. The van der Waals surface area contributed by atoms with Crippen LogP contribution in [0.2, 0.25) is 10.0 Å². The van der Waals surface area contributed by atoms with Crippen molar-refractivity contribution in [1.29, 1.82) is 0 Å². The fraction of sp³-hybridized carbons (Fsp3) is 0. The number of hydrazone groups is 1. The van der Waals surface area contributed by atoms with Crippen molar-refractivity contribution >= 4 is 54.0 Å². The molecule has 0 fully saturated rings. The minimum atomic E-state index is 0. The van der Waals surface area contributed by atoms with Gasteiger partial charge in [0, 0.05) is 10.0 Å². The smallest absolute Gasteiger partial charge is 0.234 e. The molecule has 3 N–H and O–H groups in total. The maximum atomic E-state index is 5.86. The van der Waals surface area contributed by atoms with Gasteiger partial charge in [0.25, 0.3) is 0 Å². The van der Waals surface area contributed by atoms with Crippen LogP contribution in [-0.4, -0.2) is 18.4 Å². The van der Waals surface area contributed by atoms with Gasteiger partial charge >= 0.3 is 0 Å². The zero-order valence-electron chi connectivity index (χ0n) is 11.9. The Kier molecular flexibility index (Phi) is 8.11. The molecule has 8 heteroatoms. The van der Waals surface area contributed by atoms with Gasteiger partial charge in [0.15, 0.2) is 0 Å². The van der Waals surface area contributed by atoms with Gasteiger partial charge in [0.1, 0.15) is 0 Å². The molecular formula is C15H14Cl3N5. The molecule has 0 aromatic heterocycles. The Morgan fingerprint density at radius 1 is 0.957 bits per heavy atom. The van der Waals surface area contributed by atoms with Crippen LogP contribution in [-0.2, 0) is 0 Å². The molecule has 120 valence electrons. The van der Waals surface area contributed by atoms with Crippen LogP contribution in [0.4, 0.5) is 0 Å². The quantitative estimate of drug-likeness (QED) is 0.489. The maximum Gasteiger partial charge on any atom is 0.234 e. The van der Waals surface area contributed by atoms with Crippen molar-refractivity contribution in [3.05, 3.63) is 69.7 Å². The van der Waals surface area contributed by atoms with E-state index in [2.05, 4.69) is 20.7 Å². The van der Waals surface area contributed by atoms with E-state index in [0.717, 1.165) is 11.1 Å². The van der Waals surface area contributed by atoms with E-state index in [1.54, 1.807) is 36.7 Å². The molecule has 0 aliphatic rings. The van der Waals surface area contributed by atoms with Crippen LogP contribution < -0.4 is 11.2 Å². The lowest BCUT2D eigenvalue weighted by molar-refractivity contribution is 0.994. The molecule has 23 heavy (non-hydrogen) atoms. The molecule has 0 aliphatic heterocycles. The molecule has 0 amide bonds. The highest BCUT2D eigenvalue weighted by molar-refractivity contribution is 6.31. The van der Waals surface area contributed by atoms with E-state index in [9.17, 15) is 0 Å². The van der Waals surface area contributed by atoms with Gasteiger partial charge in [-0.1, -0.05) is 47.5 Å². The van der Waals surface area contributed by atoms with Gasteiger partial charge in [-0.25, -0.2) is 5.43 Å². The summed E-state index contributed by atoms with van der Waals surface area (Å²) in [6.07, 6.45) is 3.14. The van der Waals surface area contributed by atoms with Crippen LogP contribution >= 0.6 is 35.6 Å². The van der Waals surface area contributed by atoms with Gasteiger partial charge in [0.05, 0.1) is 12.4 Å². The highest BCUT2D eigenvalue weighted by Crippen LogP contribution is 2.09. The maximum absolute atomic E-state index is 5.86. The number of nitrogens with zero attached hydrogens (tertiary/aromatic N) is 3. The number of halogens is 3. The second-order valence-corrected chi connectivity index (χ2v) is 5.08. The van der Waals surface area contributed by atoms with Crippen LogP contribution in [0.5, 0.6) is 0 Å². The van der Waals surface area contributed by atoms with Gasteiger partial charge in [-0.2, -0.15) is 10.2 Å². The number of nitrogens with one attached hydrogen (secondary N) is 1. The normalized spacial score (nSPS) is 11.7. The lowest BCUT2D eigenvalue weighted by Crippen LogP contribution is -2.26. The van der Waals surface area contributed by atoms with Crippen molar-refractivity contribution in [2.45, 2.75) is 0 Å². The van der Waals surface area contributed by atoms with Crippen LogP contribution in [0.3, 0.4) is 0 Å². The molecule has 0 saturated carbocycles. The summed E-state index contributed by atoms with van der Waals surface area (Å²) in [4.78, 5) is 0. The van der Waals surface area contributed by atoms with Crippen LogP contribution in [0.15, 0.2) is 63.8 Å². The molecular weight excluding hydrogens is 357 g/mol. The molecule has 0 bridgehead atoms. The third-order valence-electron chi connectivity index (χ3n) is 2.48. The average molecular weight is 371 g/mol. The van der Waals surface area contributed by atoms with Crippen molar-refractivity contribution in [1.82, 2.24) is 5.43 Å². The summed E-state index contributed by atoms with van der Waals surface area (Å²) in [5, 5.41) is 12.9. The molecule has 2 rings (SSSR count). The van der Waals surface area contributed by atoms with E-state index in [1.807, 2.05) is 24.3 Å². The first-order chi connectivity index (χ1) is 10.6. The molecule has 0 spiro atoms. The summed E-state index contributed by atoms with van der Waals surface area (Å²) in [6.45, 7) is 0. The Hall–Kier alpha value is -2.08. The van der Waals surface area contributed by atoms with E-state index < -0.39 is 0 Å². The fourth-order valence-electron chi connectivity index (χ4n) is 1.49. The van der Waals surface area contributed by atoms with E-state index in [1.165, 1.54) is 0 Å². The Balaban J connectivity index is 0.00000264. The Morgan fingerprint density at radius 3 is 2.39 bits per heavy atom. The standard InChI is InChI=1S/C15H13Cl2N5.ClH/c16-13-6-4-11(5-7-13)9-19-21-15(18)22-20-10-12-2-1-3-14(17)8-12;/h1-10H,(H3,18,21,22);1H. The van der Waals surface area contributed by atoms with E-state index in [-0.39, 0.29) is 18.4 Å². The summed E-state index contributed by atoms with van der Waals surface area (Å²) >= 11 is 11.7. The number of guanidine groups is 1. The third-order valence-corrected chi connectivity index (χ3v) is 2.97. The highest BCUT2D eigenvalue weighted by Gasteiger charge is 1.91. The molecule has 0 unspecified atom stereocenters. The second kappa shape index (κ2) is 9.84. The number of hydrogen-bond acceptors (Lipinski definition) is 3. The topological polar surface area (TPSA) is 75.1 Å². The average Bonchev–Trinajstić information content (AvgIpc) is 2.49. The molecule has 0 atom stereocenters. The molecule has 0 saturated heterocycles. The van der Waals surface area contributed by atoms with E-state index in [0.29, 0.717) is 10.0 Å². The van der Waals surface area contributed by atoms with E-state index >= 15 is 0 Å². The van der Waals surface area contributed by atoms with Crippen molar-refractivity contribution in [3.63, 3.8) is 0 Å². The van der Waals surface area contributed by atoms with Gasteiger partial charge < -0.3 is 5.73 Å². The van der Waals surface area contributed by atoms with Crippen molar-refractivity contribution in [2.24, 2.45) is 21.0 Å². The van der Waals surface area contributed by atoms with Gasteiger partial charge in [-0.15, -0.1) is 17.5 Å². The monoisotopic (exact) mass is 369 g/mol. The fourth-order valence-corrected chi connectivity index (χ4v) is 1.81. The van der Waals surface area contributed by atoms with Crippen molar-refractivity contribution in [3.8, 4) is 0 Å². The first kappa shape index (κ1) is 19.0. The lowest BCUT2D eigenvalue weighted by Gasteiger charge is -1.97. The Morgan fingerprint density at radius 2 is 1.70 bits per heavy atom. The number of hydrogen-bond donors (Lipinski definition) is 2. The molecule has 2 aromatic carbocycles. The predicted molar refractivity (Wildman–Crippen MR) is 100 cm³/mol. The predicted octanol–water partition coefficient (Wildman–Crippen LogP) is 3.69. The second-order valence-electron chi connectivity index (χ2n) is 4.21. The molecule has 0 radical (unpaired) electrons. The molecule has 5 nitrogen and oxygen atoms in total. The molecule has 0 heterocycles. The van der Waals surface area contributed by atoms with Gasteiger partial charge in [0.2, 0.25) is 5.96 Å². The first-order valence-corrected chi connectivity index (χ1v) is 7.06. The summed E-state index contributed by atoms with van der Waals surface area (Å²) < 4.78 is 0. The zero-order valence-corrected chi connectivity index (χ0v) is 14.2. The van der Waals surface area contributed by atoms with Crippen molar-refractivity contribution < 1.29 is 0 Å². The number of rotatable bonds is 4. The largest absolute Gasteiger partial charge is 0.367 e. The Bertz CT molecular complexity index is 711. The van der Waals surface area contributed by atoms with Crippen LogP contribution in [0.1, 0.15) is 11.1 Å². The highest BCUT2D eigenvalue weighted by atomic mass is 35.5. The first-order valence-electron chi connectivity index (χ1n) is 6.30. The van der Waals surface area contributed by atoms with Crippen LogP contribution in [0.25, 0.3) is 0 Å². The van der Waals surface area contributed by atoms with Gasteiger partial charge in [-0.3, -0.25) is 0 Å². The Labute approximate surface area is 150 Å². The summed E-state index contributed by atoms with van der Waals surface area (Å²) in [7, 11) is 0. The zero-order chi connectivity index (χ0) is 15.8. The molecule has 0 aliphatic carbocycles. The van der Waals surface area contributed by atoms with E-state index in [4.69, 9.17) is 28.9 Å².